The molecule has 0 radical (unpaired) electrons. The maximum absolute atomic E-state index is 9.13. The molecule has 1 aliphatic rings. The number of rotatable bonds is 6. The minimum atomic E-state index is 0.154. The molecule has 2 rings (SSSR count). The first-order valence-corrected chi connectivity index (χ1v) is 7.00. The summed E-state index contributed by atoms with van der Waals surface area (Å²) in [5, 5.41) is 12.6. The molecule has 17 heavy (non-hydrogen) atoms. The highest BCUT2D eigenvalue weighted by Crippen LogP contribution is 2.31. The average molecular weight is 255 g/mol. The molecule has 2 N–H and O–H groups in total. The van der Waals surface area contributed by atoms with Gasteiger partial charge < -0.3 is 15.2 Å². The van der Waals surface area contributed by atoms with Gasteiger partial charge in [-0.1, -0.05) is 0 Å². The quantitative estimate of drug-likeness (QED) is 0.816. The Bertz CT molecular complexity index is 345. The van der Waals surface area contributed by atoms with Gasteiger partial charge in [0.25, 0.3) is 0 Å². The molecule has 0 bridgehead atoms. The Labute approximate surface area is 107 Å². The van der Waals surface area contributed by atoms with Gasteiger partial charge >= 0.3 is 0 Å². The monoisotopic (exact) mass is 255 g/mol. The number of thiophene rings is 1. The molecule has 1 atom stereocenters. The first kappa shape index (κ1) is 13.0. The third-order valence-electron chi connectivity index (χ3n) is 3.42. The van der Waals surface area contributed by atoms with E-state index in [4.69, 9.17) is 9.84 Å². The predicted molar refractivity (Wildman–Crippen MR) is 70.3 cm³/mol. The van der Waals surface area contributed by atoms with Crippen molar-refractivity contribution in [3.8, 4) is 0 Å². The van der Waals surface area contributed by atoms with Crippen molar-refractivity contribution >= 4 is 11.3 Å². The molecule has 1 saturated heterocycles. The molecule has 0 aromatic carbocycles. The van der Waals surface area contributed by atoms with Crippen LogP contribution in [-0.4, -0.2) is 31.5 Å². The molecule has 3 nitrogen and oxygen atoms in total. The largest absolute Gasteiger partial charge is 0.396 e. The SMILES string of the molecule is Cc1ccc(CNCC2(CCO)CCOC2)s1. The number of aryl methyl sites for hydroxylation is 1. The van der Waals surface area contributed by atoms with Crippen molar-refractivity contribution in [2.75, 3.05) is 26.4 Å². The Morgan fingerprint density at radius 2 is 2.41 bits per heavy atom. The van der Waals surface area contributed by atoms with Gasteiger partial charge in [0.2, 0.25) is 0 Å². The zero-order chi connectivity index (χ0) is 12.1. The van der Waals surface area contributed by atoms with Crippen molar-refractivity contribution in [2.24, 2.45) is 5.41 Å². The van der Waals surface area contributed by atoms with Gasteiger partial charge in [-0.25, -0.2) is 0 Å². The van der Waals surface area contributed by atoms with Crippen molar-refractivity contribution in [1.82, 2.24) is 5.32 Å². The highest BCUT2D eigenvalue weighted by atomic mass is 32.1. The Balaban J connectivity index is 1.79. The first-order chi connectivity index (χ1) is 8.24. The van der Waals surface area contributed by atoms with E-state index in [-0.39, 0.29) is 12.0 Å². The van der Waals surface area contributed by atoms with Gasteiger partial charge in [0.05, 0.1) is 6.61 Å². The average Bonchev–Trinajstić information content (AvgIpc) is 2.90. The van der Waals surface area contributed by atoms with Gasteiger partial charge in [-0.05, 0) is 31.9 Å². The molecule has 0 spiro atoms. The van der Waals surface area contributed by atoms with Crippen LogP contribution in [0.25, 0.3) is 0 Å². The van der Waals surface area contributed by atoms with Gasteiger partial charge in [-0.2, -0.15) is 0 Å². The fraction of sp³-hybridized carbons (Fsp3) is 0.692. The standard InChI is InChI=1S/C13H21NO2S/c1-11-2-3-12(17-11)8-14-9-13(4-6-15)5-7-16-10-13/h2-3,14-15H,4-10H2,1H3. The summed E-state index contributed by atoms with van der Waals surface area (Å²) in [5.41, 5.74) is 0.154. The summed E-state index contributed by atoms with van der Waals surface area (Å²) in [6, 6.07) is 4.33. The summed E-state index contributed by atoms with van der Waals surface area (Å²) < 4.78 is 5.47. The van der Waals surface area contributed by atoms with Crippen molar-refractivity contribution < 1.29 is 9.84 Å². The van der Waals surface area contributed by atoms with Gasteiger partial charge in [0.15, 0.2) is 0 Å². The van der Waals surface area contributed by atoms with Crippen LogP contribution in [-0.2, 0) is 11.3 Å². The van der Waals surface area contributed by atoms with E-state index < -0.39 is 0 Å². The molecular formula is C13H21NO2S. The second-order valence-corrected chi connectivity index (χ2v) is 6.26. The van der Waals surface area contributed by atoms with E-state index in [0.29, 0.717) is 0 Å². The first-order valence-electron chi connectivity index (χ1n) is 6.19. The number of ether oxygens (including phenoxy) is 1. The van der Waals surface area contributed by atoms with Crippen LogP contribution in [0.1, 0.15) is 22.6 Å². The van der Waals surface area contributed by atoms with Crippen LogP contribution in [0.4, 0.5) is 0 Å². The lowest BCUT2D eigenvalue weighted by Crippen LogP contribution is -2.35. The maximum atomic E-state index is 9.13. The summed E-state index contributed by atoms with van der Waals surface area (Å²) in [4.78, 5) is 2.73. The van der Waals surface area contributed by atoms with E-state index in [1.54, 1.807) is 0 Å². The van der Waals surface area contributed by atoms with Gasteiger partial charge in [0, 0.05) is 41.5 Å². The summed E-state index contributed by atoms with van der Waals surface area (Å²) in [7, 11) is 0. The lowest BCUT2D eigenvalue weighted by molar-refractivity contribution is 0.124. The lowest BCUT2D eigenvalue weighted by atomic mass is 9.84. The minimum absolute atomic E-state index is 0.154. The van der Waals surface area contributed by atoms with Crippen LogP contribution in [0.5, 0.6) is 0 Å². The van der Waals surface area contributed by atoms with Crippen LogP contribution >= 0.6 is 11.3 Å². The number of aliphatic hydroxyl groups is 1. The Morgan fingerprint density at radius 1 is 1.53 bits per heavy atom. The Morgan fingerprint density at radius 3 is 3.00 bits per heavy atom. The third-order valence-corrected chi connectivity index (χ3v) is 4.42. The molecule has 1 aliphatic heterocycles. The topological polar surface area (TPSA) is 41.5 Å². The maximum Gasteiger partial charge on any atom is 0.0536 e. The molecule has 1 aromatic rings. The van der Waals surface area contributed by atoms with Gasteiger partial charge in [-0.3, -0.25) is 0 Å². The van der Waals surface area contributed by atoms with E-state index in [1.807, 2.05) is 11.3 Å². The zero-order valence-corrected chi connectivity index (χ0v) is 11.2. The van der Waals surface area contributed by atoms with Crippen LogP contribution < -0.4 is 5.32 Å². The van der Waals surface area contributed by atoms with Crippen LogP contribution in [0, 0.1) is 12.3 Å². The second-order valence-electron chi connectivity index (χ2n) is 4.89. The minimum Gasteiger partial charge on any atom is -0.396 e. The van der Waals surface area contributed by atoms with Crippen LogP contribution in [0.15, 0.2) is 12.1 Å². The highest BCUT2D eigenvalue weighted by Gasteiger charge is 2.33. The molecule has 0 amide bonds. The van der Waals surface area contributed by atoms with Crippen molar-refractivity contribution in [1.29, 1.82) is 0 Å². The molecule has 4 heteroatoms. The molecule has 1 aromatic heterocycles. The summed E-state index contributed by atoms with van der Waals surface area (Å²) in [6.45, 7) is 5.86. The van der Waals surface area contributed by atoms with Gasteiger partial charge in [0.1, 0.15) is 0 Å². The summed E-state index contributed by atoms with van der Waals surface area (Å²) >= 11 is 1.84. The van der Waals surface area contributed by atoms with Crippen molar-refractivity contribution in [3.05, 3.63) is 21.9 Å². The van der Waals surface area contributed by atoms with Crippen molar-refractivity contribution in [2.45, 2.75) is 26.3 Å². The molecule has 0 aliphatic carbocycles. The molecule has 96 valence electrons. The fourth-order valence-corrected chi connectivity index (χ4v) is 3.20. The van der Waals surface area contributed by atoms with E-state index >= 15 is 0 Å². The molecule has 1 unspecified atom stereocenters. The van der Waals surface area contributed by atoms with E-state index in [2.05, 4.69) is 24.4 Å². The predicted octanol–water partition coefficient (Wildman–Crippen LogP) is 1.94. The molecular weight excluding hydrogens is 234 g/mol. The molecule has 1 fully saturated rings. The number of hydrogen-bond donors (Lipinski definition) is 2. The Hall–Kier alpha value is -0.420. The number of nitrogens with one attached hydrogen (secondary N) is 1. The molecule has 0 saturated carbocycles. The summed E-state index contributed by atoms with van der Waals surface area (Å²) in [5.74, 6) is 0. The zero-order valence-electron chi connectivity index (χ0n) is 10.4. The highest BCUT2D eigenvalue weighted by molar-refractivity contribution is 7.11. The van der Waals surface area contributed by atoms with Crippen molar-refractivity contribution in [3.63, 3.8) is 0 Å². The summed E-state index contributed by atoms with van der Waals surface area (Å²) in [6.07, 6.45) is 1.90. The van der Waals surface area contributed by atoms with E-state index in [0.717, 1.165) is 39.1 Å². The smallest absolute Gasteiger partial charge is 0.0536 e. The third kappa shape index (κ3) is 3.52. The number of hydrogen-bond acceptors (Lipinski definition) is 4. The van der Waals surface area contributed by atoms with E-state index in [1.165, 1.54) is 9.75 Å². The Kier molecular flexibility index (Phi) is 4.56. The van der Waals surface area contributed by atoms with Crippen LogP contribution in [0.2, 0.25) is 0 Å². The lowest BCUT2D eigenvalue weighted by Gasteiger charge is -2.26. The number of aliphatic hydroxyl groups excluding tert-OH is 1. The van der Waals surface area contributed by atoms with E-state index in [9.17, 15) is 0 Å². The molecule has 2 heterocycles. The van der Waals surface area contributed by atoms with Gasteiger partial charge in [-0.15, -0.1) is 11.3 Å². The fourth-order valence-electron chi connectivity index (χ4n) is 2.34. The van der Waals surface area contributed by atoms with Crippen LogP contribution in [0.3, 0.4) is 0 Å². The normalized spacial score (nSPS) is 24.4. The second kappa shape index (κ2) is 5.96.